The van der Waals surface area contributed by atoms with Gasteiger partial charge in [-0.3, -0.25) is 9.69 Å². The molecule has 1 N–H and O–H groups in total. The SMILES string of the molecule is COC(=O)c1ccc(NC(=O)CN2CCN(c3c(C)nn(-c4ccccc4)c3C)CC2)cc1. The lowest BCUT2D eigenvalue weighted by Gasteiger charge is -2.35. The molecule has 0 radical (unpaired) electrons. The summed E-state index contributed by atoms with van der Waals surface area (Å²) >= 11 is 0. The van der Waals surface area contributed by atoms with E-state index in [9.17, 15) is 9.59 Å². The summed E-state index contributed by atoms with van der Waals surface area (Å²) in [6, 6.07) is 16.8. The summed E-state index contributed by atoms with van der Waals surface area (Å²) in [5.74, 6) is -0.468. The van der Waals surface area contributed by atoms with Gasteiger partial charge in [0, 0.05) is 31.9 Å². The maximum absolute atomic E-state index is 12.5. The maximum Gasteiger partial charge on any atom is 0.337 e. The summed E-state index contributed by atoms with van der Waals surface area (Å²) in [6.45, 7) is 7.75. The minimum Gasteiger partial charge on any atom is -0.465 e. The first-order valence-corrected chi connectivity index (χ1v) is 11.0. The number of rotatable bonds is 6. The van der Waals surface area contributed by atoms with Crippen LogP contribution in [0.15, 0.2) is 54.6 Å². The monoisotopic (exact) mass is 447 g/mol. The third-order valence-corrected chi connectivity index (χ3v) is 5.90. The molecule has 4 rings (SSSR count). The van der Waals surface area contributed by atoms with Gasteiger partial charge in [0.1, 0.15) is 0 Å². The normalized spacial score (nSPS) is 14.2. The summed E-state index contributed by atoms with van der Waals surface area (Å²) in [5, 5.41) is 7.66. The van der Waals surface area contributed by atoms with E-state index in [1.165, 1.54) is 12.8 Å². The molecule has 0 saturated carbocycles. The van der Waals surface area contributed by atoms with Gasteiger partial charge in [0.05, 0.1) is 42.0 Å². The summed E-state index contributed by atoms with van der Waals surface area (Å²) in [5.41, 5.74) is 5.48. The predicted molar refractivity (Wildman–Crippen MR) is 128 cm³/mol. The van der Waals surface area contributed by atoms with E-state index in [4.69, 9.17) is 9.84 Å². The lowest BCUT2D eigenvalue weighted by Crippen LogP contribution is -2.49. The summed E-state index contributed by atoms with van der Waals surface area (Å²) < 4.78 is 6.69. The molecule has 3 aromatic rings. The Morgan fingerprint density at radius 1 is 0.970 bits per heavy atom. The molecule has 172 valence electrons. The number of aryl methyl sites for hydroxylation is 1. The Labute approximate surface area is 193 Å². The van der Waals surface area contributed by atoms with E-state index in [0.717, 1.165) is 43.3 Å². The summed E-state index contributed by atoms with van der Waals surface area (Å²) in [7, 11) is 1.34. The number of carbonyl (C=O) groups excluding carboxylic acids is 2. The fourth-order valence-electron chi connectivity index (χ4n) is 4.25. The van der Waals surface area contributed by atoms with Crippen molar-refractivity contribution in [3.8, 4) is 5.69 Å². The molecule has 1 saturated heterocycles. The quantitative estimate of drug-likeness (QED) is 0.585. The van der Waals surface area contributed by atoms with Crippen LogP contribution in [-0.4, -0.2) is 66.4 Å². The first-order chi connectivity index (χ1) is 16.0. The van der Waals surface area contributed by atoms with E-state index in [0.29, 0.717) is 17.8 Å². The van der Waals surface area contributed by atoms with Gasteiger partial charge in [-0.2, -0.15) is 5.10 Å². The number of para-hydroxylation sites is 1. The van der Waals surface area contributed by atoms with Gasteiger partial charge < -0.3 is 15.0 Å². The highest BCUT2D eigenvalue weighted by Crippen LogP contribution is 2.27. The van der Waals surface area contributed by atoms with Gasteiger partial charge in [-0.05, 0) is 50.2 Å². The minimum absolute atomic E-state index is 0.0708. The van der Waals surface area contributed by atoms with Crippen molar-refractivity contribution in [2.75, 3.05) is 50.1 Å². The number of nitrogens with one attached hydrogen (secondary N) is 1. The number of nitrogens with zero attached hydrogens (tertiary/aromatic N) is 4. The minimum atomic E-state index is -0.398. The molecule has 0 bridgehead atoms. The van der Waals surface area contributed by atoms with Gasteiger partial charge >= 0.3 is 5.97 Å². The first kappa shape index (κ1) is 22.5. The first-order valence-electron chi connectivity index (χ1n) is 11.0. The van der Waals surface area contributed by atoms with Crippen molar-refractivity contribution in [2.24, 2.45) is 0 Å². The molecule has 0 unspecified atom stereocenters. The third kappa shape index (κ3) is 5.06. The molecule has 0 spiro atoms. The number of benzene rings is 2. The molecular formula is C25H29N5O3. The zero-order chi connectivity index (χ0) is 23.4. The highest BCUT2D eigenvalue weighted by molar-refractivity contribution is 5.94. The number of aromatic nitrogens is 2. The third-order valence-electron chi connectivity index (χ3n) is 5.90. The van der Waals surface area contributed by atoms with Crippen LogP contribution in [0.1, 0.15) is 21.7 Å². The molecule has 8 nitrogen and oxygen atoms in total. The Balaban J connectivity index is 1.33. The van der Waals surface area contributed by atoms with Crippen LogP contribution in [-0.2, 0) is 9.53 Å². The number of piperazine rings is 1. The van der Waals surface area contributed by atoms with Gasteiger partial charge in [0.2, 0.25) is 5.91 Å². The van der Waals surface area contributed by atoms with Crippen molar-refractivity contribution in [3.63, 3.8) is 0 Å². The number of ether oxygens (including phenoxy) is 1. The smallest absolute Gasteiger partial charge is 0.337 e. The maximum atomic E-state index is 12.5. The molecule has 0 aliphatic carbocycles. The van der Waals surface area contributed by atoms with E-state index in [-0.39, 0.29) is 5.91 Å². The molecule has 1 aromatic heterocycles. The van der Waals surface area contributed by atoms with Crippen LogP contribution < -0.4 is 10.2 Å². The number of anilines is 2. The topological polar surface area (TPSA) is 79.7 Å². The van der Waals surface area contributed by atoms with Crippen molar-refractivity contribution in [1.29, 1.82) is 0 Å². The molecule has 2 heterocycles. The standard InChI is InChI=1S/C25H29N5O3/c1-18-24(19(2)30(27-18)22-7-5-4-6-8-22)29-15-13-28(14-16-29)17-23(31)26-21-11-9-20(10-12-21)25(32)33-3/h4-12H,13-17H2,1-3H3,(H,26,31). The summed E-state index contributed by atoms with van der Waals surface area (Å²) in [4.78, 5) is 28.5. The second-order valence-corrected chi connectivity index (χ2v) is 8.15. The average Bonchev–Trinajstić information content (AvgIpc) is 3.14. The largest absolute Gasteiger partial charge is 0.465 e. The second kappa shape index (κ2) is 9.87. The molecule has 1 aliphatic heterocycles. The Hall–Kier alpha value is -3.65. The van der Waals surface area contributed by atoms with E-state index >= 15 is 0 Å². The van der Waals surface area contributed by atoms with Crippen molar-refractivity contribution in [2.45, 2.75) is 13.8 Å². The fraction of sp³-hybridized carbons (Fsp3) is 0.320. The number of carbonyl (C=O) groups is 2. The molecule has 1 amide bonds. The van der Waals surface area contributed by atoms with Crippen LogP contribution in [0, 0.1) is 13.8 Å². The van der Waals surface area contributed by atoms with Crippen LogP contribution in [0.4, 0.5) is 11.4 Å². The van der Waals surface area contributed by atoms with Gasteiger partial charge in [0.15, 0.2) is 0 Å². The number of hydrogen-bond donors (Lipinski definition) is 1. The summed E-state index contributed by atoms with van der Waals surface area (Å²) in [6.07, 6.45) is 0. The highest BCUT2D eigenvalue weighted by atomic mass is 16.5. The molecule has 1 aliphatic rings. The van der Waals surface area contributed by atoms with Crippen molar-refractivity contribution < 1.29 is 14.3 Å². The van der Waals surface area contributed by atoms with Crippen molar-refractivity contribution in [3.05, 3.63) is 71.5 Å². The molecular weight excluding hydrogens is 418 g/mol. The number of methoxy groups -OCH3 is 1. The molecule has 2 aromatic carbocycles. The van der Waals surface area contributed by atoms with Crippen LogP contribution in [0.2, 0.25) is 0 Å². The fourth-order valence-corrected chi connectivity index (χ4v) is 4.25. The van der Waals surface area contributed by atoms with Crippen LogP contribution in [0.5, 0.6) is 0 Å². The second-order valence-electron chi connectivity index (χ2n) is 8.15. The van der Waals surface area contributed by atoms with Gasteiger partial charge in [0.25, 0.3) is 0 Å². The lowest BCUT2D eigenvalue weighted by molar-refractivity contribution is -0.117. The van der Waals surface area contributed by atoms with Crippen molar-refractivity contribution >= 4 is 23.3 Å². The molecule has 1 fully saturated rings. The Morgan fingerprint density at radius 3 is 2.27 bits per heavy atom. The Morgan fingerprint density at radius 2 is 1.64 bits per heavy atom. The van der Waals surface area contributed by atoms with E-state index < -0.39 is 5.97 Å². The predicted octanol–water partition coefficient (Wildman–Crippen LogP) is 3.04. The molecule has 0 atom stereocenters. The van der Waals surface area contributed by atoms with Crippen LogP contribution in [0.25, 0.3) is 5.69 Å². The van der Waals surface area contributed by atoms with Crippen LogP contribution in [0.3, 0.4) is 0 Å². The van der Waals surface area contributed by atoms with Crippen LogP contribution >= 0.6 is 0 Å². The highest BCUT2D eigenvalue weighted by Gasteiger charge is 2.24. The van der Waals surface area contributed by atoms with Gasteiger partial charge in [-0.15, -0.1) is 0 Å². The Kier molecular flexibility index (Phi) is 6.74. The van der Waals surface area contributed by atoms with E-state index in [1.807, 2.05) is 29.8 Å². The van der Waals surface area contributed by atoms with E-state index in [2.05, 4.69) is 34.2 Å². The Bertz CT molecular complexity index is 1120. The lowest BCUT2D eigenvalue weighted by atomic mass is 10.2. The average molecular weight is 448 g/mol. The van der Waals surface area contributed by atoms with Gasteiger partial charge in [-0.25, -0.2) is 9.48 Å². The molecule has 8 heteroatoms. The van der Waals surface area contributed by atoms with Crippen molar-refractivity contribution in [1.82, 2.24) is 14.7 Å². The number of amides is 1. The zero-order valence-corrected chi connectivity index (χ0v) is 19.2. The zero-order valence-electron chi connectivity index (χ0n) is 19.2. The number of hydrogen-bond acceptors (Lipinski definition) is 6. The van der Waals surface area contributed by atoms with E-state index in [1.54, 1.807) is 24.3 Å². The molecule has 33 heavy (non-hydrogen) atoms. The number of esters is 1. The van der Waals surface area contributed by atoms with Gasteiger partial charge in [-0.1, -0.05) is 18.2 Å².